The quantitative estimate of drug-likeness (QED) is 0.583. The lowest BCUT2D eigenvalue weighted by Crippen LogP contribution is -2.50. The minimum atomic E-state index is 0.125. The first-order chi connectivity index (χ1) is 15.7. The van der Waals surface area contributed by atoms with E-state index in [-0.39, 0.29) is 23.7 Å². The van der Waals surface area contributed by atoms with E-state index < -0.39 is 0 Å². The van der Waals surface area contributed by atoms with Crippen LogP contribution in [0.15, 0.2) is 0 Å². The van der Waals surface area contributed by atoms with Gasteiger partial charge in [-0.1, -0.05) is 64.2 Å². The van der Waals surface area contributed by atoms with Gasteiger partial charge in [0.2, 0.25) is 11.8 Å². The summed E-state index contributed by atoms with van der Waals surface area (Å²) in [4.78, 5) is 26.2. The second-order valence-corrected chi connectivity index (χ2v) is 12.1. The molecule has 0 aromatic rings. The van der Waals surface area contributed by atoms with Crippen LogP contribution in [0.5, 0.6) is 0 Å². The summed E-state index contributed by atoms with van der Waals surface area (Å²) in [5.74, 6) is 3.98. The Bertz CT molecular complexity index is 596. The number of carbonyl (C=O) groups is 2. The van der Waals surface area contributed by atoms with Crippen LogP contribution in [0.1, 0.15) is 116 Å². The molecule has 0 aromatic heterocycles. The molecule has 0 saturated heterocycles. The van der Waals surface area contributed by atoms with Crippen molar-refractivity contribution >= 4 is 11.8 Å². The zero-order valence-electron chi connectivity index (χ0n) is 20.2. The molecule has 0 heterocycles. The third kappa shape index (κ3) is 5.04. The van der Waals surface area contributed by atoms with E-state index in [0.29, 0.717) is 12.1 Å². The number of rotatable bonds is 4. The van der Waals surface area contributed by atoms with Gasteiger partial charge in [0.15, 0.2) is 0 Å². The van der Waals surface area contributed by atoms with E-state index in [1.165, 1.54) is 89.9 Å². The minimum absolute atomic E-state index is 0.125. The Morgan fingerprint density at radius 2 is 0.812 bits per heavy atom. The third-order valence-electron chi connectivity index (χ3n) is 10.3. The molecule has 5 fully saturated rings. The molecule has 32 heavy (non-hydrogen) atoms. The van der Waals surface area contributed by atoms with Crippen LogP contribution in [0, 0.1) is 35.5 Å². The van der Waals surface area contributed by atoms with Gasteiger partial charge in [0, 0.05) is 23.9 Å². The Kier molecular flexibility index (Phi) is 7.43. The molecule has 5 aliphatic rings. The largest absolute Gasteiger partial charge is 0.353 e. The molecule has 5 rings (SSSR count). The van der Waals surface area contributed by atoms with Crippen LogP contribution in [0.25, 0.3) is 0 Å². The van der Waals surface area contributed by atoms with Crippen molar-refractivity contribution in [3.8, 4) is 0 Å². The fourth-order valence-corrected chi connectivity index (χ4v) is 8.45. The molecule has 4 heteroatoms. The molecule has 0 spiro atoms. The van der Waals surface area contributed by atoms with E-state index in [1.54, 1.807) is 0 Å². The highest BCUT2D eigenvalue weighted by Gasteiger charge is 2.39. The van der Waals surface area contributed by atoms with Gasteiger partial charge in [0.05, 0.1) is 0 Å². The number of carbonyl (C=O) groups excluding carboxylic acids is 2. The average Bonchev–Trinajstić information content (AvgIpc) is 2.84. The van der Waals surface area contributed by atoms with Crippen LogP contribution < -0.4 is 10.6 Å². The average molecular weight is 443 g/mol. The first kappa shape index (κ1) is 22.7. The molecule has 0 bridgehead atoms. The van der Waals surface area contributed by atoms with E-state index in [2.05, 4.69) is 10.6 Å². The summed E-state index contributed by atoms with van der Waals surface area (Å²) in [6, 6.07) is 0.828. The fourth-order valence-electron chi connectivity index (χ4n) is 8.45. The topological polar surface area (TPSA) is 58.2 Å². The van der Waals surface area contributed by atoms with Gasteiger partial charge in [-0.2, -0.15) is 0 Å². The minimum Gasteiger partial charge on any atom is -0.353 e. The zero-order chi connectivity index (χ0) is 21.9. The monoisotopic (exact) mass is 442 g/mol. The normalized spacial score (nSPS) is 42.2. The summed E-state index contributed by atoms with van der Waals surface area (Å²) < 4.78 is 0. The second kappa shape index (κ2) is 10.5. The van der Waals surface area contributed by atoms with E-state index >= 15 is 0 Å². The predicted molar refractivity (Wildman–Crippen MR) is 128 cm³/mol. The van der Waals surface area contributed by atoms with Gasteiger partial charge < -0.3 is 10.6 Å². The highest BCUT2D eigenvalue weighted by Crippen LogP contribution is 2.42. The molecule has 6 unspecified atom stereocenters. The molecule has 5 aliphatic carbocycles. The second-order valence-electron chi connectivity index (χ2n) is 12.1. The number of nitrogens with one attached hydrogen (secondary N) is 2. The lowest BCUT2D eigenvalue weighted by molar-refractivity contribution is -0.132. The summed E-state index contributed by atoms with van der Waals surface area (Å²) >= 11 is 0. The van der Waals surface area contributed by atoms with Crippen molar-refractivity contribution in [1.82, 2.24) is 10.6 Å². The van der Waals surface area contributed by atoms with Gasteiger partial charge in [0.1, 0.15) is 0 Å². The molecule has 6 atom stereocenters. The lowest BCUT2D eigenvalue weighted by atomic mass is 9.68. The lowest BCUT2D eigenvalue weighted by Gasteiger charge is -2.42. The Hall–Kier alpha value is -1.06. The third-order valence-corrected chi connectivity index (χ3v) is 10.3. The predicted octanol–water partition coefficient (Wildman–Crippen LogP) is 5.74. The van der Waals surface area contributed by atoms with Crippen LogP contribution in [-0.4, -0.2) is 23.9 Å². The summed E-state index contributed by atoms with van der Waals surface area (Å²) in [5, 5.41) is 6.98. The molecular weight excluding hydrogens is 396 g/mol. The number of fused-ring (bicyclic) bond motifs is 2. The molecule has 2 amide bonds. The molecule has 5 saturated carbocycles. The van der Waals surface area contributed by atoms with Gasteiger partial charge in [-0.05, 0) is 75.0 Å². The SMILES string of the molecule is O=C(NC1CCCC2CCCCC21)C1CCC(C(=O)NC2CCCC3CCCCC32)CC1. The standard InChI is InChI=1S/C28H46N2O2/c31-27(29-25-13-5-9-19-7-1-3-11-23(19)25)21-15-17-22(18-16-21)28(32)30-26-14-6-10-20-8-2-4-12-24(20)26/h19-26H,1-18H2,(H,29,31)(H,30,32). The van der Waals surface area contributed by atoms with Crippen molar-refractivity contribution in [1.29, 1.82) is 0 Å². The van der Waals surface area contributed by atoms with E-state index in [0.717, 1.165) is 49.4 Å². The van der Waals surface area contributed by atoms with E-state index in [1.807, 2.05) is 0 Å². The Labute approximate surface area is 195 Å². The van der Waals surface area contributed by atoms with Gasteiger partial charge in [0.25, 0.3) is 0 Å². The van der Waals surface area contributed by atoms with Crippen molar-refractivity contribution in [2.24, 2.45) is 35.5 Å². The first-order valence-corrected chi connectivity index (χ1v) is 14.3. The Balaban J connectivity index is 1.08. The molecule has 0 aliphatic heterocycles. The molecular formula is C28H46N2O2. The van der Waals surface area contributed by atoms with Crippen LogP contribution in [0.4, 0.5) is 0 Å². The molecule has 0 radical (unpaired) electrons. The van der Waals surface area contributed by atoms with Crippen LogP contribution in [0.3, 0.4) is 0 Å². The van der Waals surface area contributed by atoms with Crippen molar-refractivity contribution < 1.29 is 9.59 Å². The molecule has 180 valence electrons. The van der Waals surface area contributed by atoms with E-state index in [4.69, 9.17) is 0 Å². The maximum Gasteiger partial charge on any atom is 0.223 e. The highest BCUT2D eigenvalue weighted by molar-refractivity contribution is 5.81. The Morgan fingerprint density at radius 1 is 0.438 bits per heavy atom. The summed E-state index contributed by atoms with van der Waals surface area (Å²) in [7, 11) is 0. The van der Waals surface area contributed by atoms with Crippen LogP contribution in [-0.2, 0) is 9.59 Å². The van der Waals surface area contributed by atoms with Crippen molar-refractivity contribution in [2.45, 2.75) is 128 Å². The van der Waals surface area contributed by atoms with Crippen molar-refractivity contribution in [2.75, 3.05) is 0 Å². The van der Waals surface area contributed by atoms with Gasteiger partial charge in [-0.15, -0.1) is 0 Å². The summed E-state index contributed by atoms with van der Waals surface area (Å²) in [6.07, 6.45) is 22.0. The fraction of sp³-hybridized carbons (Fsp3) is 0.929. The molecule has 2 N–H and O–H groups in total. The van der Waals surface area contributed by atoms with E-state index in [9.17, 15) is 9.59 Å². The van der Waals surface area contributed by atoms with Crippen molar-refractivity contribution in [3.63, 3.8) is 0 Å². The van der Waals surface area contributed by atoms with Crippen LogP contribution >= 0.6 is 0 Å². The number of amides is 2. The maximum absolute atomic E-state index is 13.1. The van der Waals surface area contributed by atoms with Gasteiger partial charge in [-0.25, -0.2) is 0 Å². The number of hydrogen-bond acceptors (Lipinski definition) is 2. The maximum atomic E-state index is 13.1. The van der Waals surface area contributed by atoms with Crippen molar-refractivity contribution in [3.05, 3.63) is 0 Å². The summed E-state index contributed by atoms with van der Waals surface area (Å²) in [5.41, 5.74) is 0. The number of hydrogen-bond donors (Lipinski definition) is 2. The van der Waals surface area contributed by atoms with Gasteiger partial charge >= 0.3 is 0 Å². The summed E-state index contributed by atoms with van der Waals surface area (Å²) in [6.45, 7) is 0. The molecule has 0 aromatic carbocycles. The highest BCUT2D eigenvalue weighted by atomic mass is 16.2. The zero-order valence-corrected chi connectivity index (χ0v) is 20.2. The first-order valence-electron chi connectivity index (χ1n) is 14.3. The molecule has 4 nitrogen and oxygen atoms in total. The van der Waals surface area contributed by atoms with Gasteiger partial charge in [-0.3, -0.25) is 9.59 Å². The Morgan fingerprint density at radius 3 is 1.25 bits per heavy atom. The van der Waals surface area contributed by atoms with Crippen LogP contribution in [0.2, 0.25) is 0 Å². The smallest absolute Gasteiger partial charge is 0.223 e.